The molecule has 0 aliphatic carbocycles. The summed E-state index contributed by atoms with van der Waals surface area (Å²) in [6, 6.07) is 10.5. The SMILES string of the molecule is CCOC(=O)c1ccn(-c2cccc(NC(=O)c3cc(C)nn3C)c2)n1. The Balaban J connectivity index is 1.79. The Morgan fingerprint density at radius 2 is 2.00 bits per heavy atom. The third kappa shape index (κ3) is 3.64. The first-order valence-corrected chi connectivity index (χ1v) is 8.13. The summed E-state index contributed by atoms with van der Waals surface area (Å²) in [5, 5.41) is 11.2. The number of nitrogens with one attached hydrogen (secondary N) is 1. The maximum absolute atomic E-state index is 12.4. The van der Waals surface area contributed by atoms with Gasteiger partial charge in [-0.25, -0.2) is 9.48 Å². The van der Waals surface area contributed by atoms with Gasteiger partial charge >= 0.3 is 5.97 Å². The molecule has 0 bridgehead atoms. The number of rotatable bonds is 5. The van der Waals surface area contributed by atoms with Crippen molar-refractivity contribution < 1.29 is 14.3 Å². The molecule has 134 valence electrons. The first kappa shape index (κ1) is 17.4. The van der Waals surface area contributed by atoms with Crippen LogP contribution in [0.25, 0.3) is 5.69 Å². The van der Waals surface area contributed by atoms with Gasteiger partial charge in [0.1, 0.15) is 5.69 Å². The van der Waals surface area contributed by atoms with Crippen molar-refractivity contribution in [3.05, 3.63) is 59.7 Å². The molecule has 0 atom stereocenters. The highest BCUT2D eigenvalue weighted by atomic mass is 16.5. The quantitative estimate of drug-likeness (QED) is 0.711. The Morgan fingerprint density at radius 3 is 2.69 bits per heavy atom. The summed E-state index contributed by atoms with van der Waals surface area (Å²) in [4.78, 5) is 24.1. The molecule has 2 heterocycles. The Kier molecular flexibility index (Phi) is 4.83. The van der Waals surface area contributed by atoms with E-state index in [0.29, 0.717) is 23.7 Å². The molecule has 0 saturated carbocycles. The third-order valence-corrected chi connectivity index (χ3v) is 3.68. The number of benzene rings is 1. The highest BCUT2D eigenvalue weighted by Crippen LogP contribution is 2.16. The Hall–Kier alpha value is -3.42. The number of hydrogen-bond donors (Lipinski definition) is 1. The summed E-state index contributed by atoms with van der Waals surface area (Å²) in [5.74, 6) is -0.722. The summed E-state index contributed by atoms with van der Waals surface area (Å²) in [5.41, 5.74) is 2.79. The fourth-order valence-corrected chi connectivity index (χ4v) is 2.53. The van der Waals surface area contributed by atoms with Crippen LogP contribution in [0.5, 0.6) is 0 Å². The van der Waals surface area contributed by atoms with E-state index in [0.717, 1.165) is 5.69 Å². The largest absolute Gasteiger partial charge is 0.461 e. The number of amides is 1. The molecular formula is C18H19N5O3. The number of anilines is 1. The van der Waals surface area contributed by atoms with E-state index in [1.165, 1.54) is 4.68 Å². The molecule has 0 unspecified atom stereocenters. The number of esters is 1. The minimum atomic E-state index is -0.470. The van der Waals surface area contributed by atoms with E-state index < -0.39 is 5.97 Å². The summed E-state index contributed by atoms with van der Waals surface area (Å²) < 4.78 is 8.02. The van der Waals surface area contributed by atoms with Crippen molar-refractivity contribution in [2.75, 3.05) is 11.9 Å². The standard InChI is InChI=1S/C18H19N5O3/c1-4-26-18(25)15-8-9-23(21-15)14-7-5-6-13(11-14)19-17(24)16-10-12(2)20-22(16)3/h5-11H,4H2,1-3H3,(H,19,24). The van der Waals surface area contributed by atoms with Crippen LogP contribution in [0.1, 0.15) is 33.6 Å². The molecule has 0 saturated heterocycles. The zero-order valence-corrected chi connectivity index (χ0v) is 14.8. The molecule has 0 spiro atoms. The molecule has 0 fully saturated rings. The number of carbonyl (C=O) groups excluding carboxylic acids is 2. The lowest BCUT2D eigenvalue weighted by atomic mass is 10.2. The predicted octanol–water partition coefficient (Wildman–Crippen LogP) is 2.34. The van der Waals surface area contributed by atoms with Crippen LogP contribution in [0.15, 0.2) is 42.6 Å². The van der Waals surface area contributed by atoms with Crippen LogP contribution >= 0.6 is 0 Å². The zero-order chi connectivity index (χ0) is 18.7. The Bertz CT molecular complexity index is 957. The Labute approximate surface area is 150 Å². The molecule has 1 N–H and O–H groups in total. The van der Waals surface area contributed by atoms with Gasteiger partial charge in [-0.3, -0.25) is 9.48 Å². The van der Waals surface area contributed by atoms with E-state index in [1.54, 1.807) is 55.2 Å². The second kappa shape index (κ2) is 7.22. The van der Waals surface area contributed by atoms with Crippen LogP contribution < -0.4 is 5.32 Å². The molecule has 1 aromatic carbocycles. The molecule has 1 amide bonds. The van der Waals surface area contributed by atoms with Gasteiger partial charge in [0.15, 0.2) is 5.69 Å². The van der Waals surface area contributed by atoms with Gasteiger partial charge in [0, 0.05) is 18.9 Å². The summed E-state index contributed by atoms with van der Waals surface area (Å²) >= 11 is 0. The van der Waals surface area contributed by atoms with Gasteiger partial charge in [-0.1, -0.05) is 6.07 Å². The minimum Gasteiger partial charge on any atom is -0.461 e. The summed E-state index contributed by atoms with van der Waals surface area (Å²) in [7, 11) is 1.72. The predicted molar refractivity (Wildman–Crippen MR) is 95.4 cm³/mol. The third-order valence-electron chi connectivity index (χ3n) is 3.68. The monoisotopic (exact) mass is 353 g/mol. The number of aryl methyl sites for hydroxylation is 2. The van der Waals surface area contributed by atoms with E-state index in [1.807, 2.05) is 13.0 Å². The van der Waals surface area contributed by atoms with Crippen molar-refractivity contribution in [3.8, 4) is 5.69 Å². The van der Waals surface area contributed by atoms with Crippen LogP contribution in [0.4, 0.5) is 5.69 Å². The molecule has 0 aliphatic heterocycles. The van der Waals surface area contributed by atoms with Gasteiger partial charge in [-0.15, -0.1) is 0 Å². The van der Waals surface area contributed by atoms with Gasteiger partial charge < -0.3 is 10.1 Å². The van der Waals surface area contributed by atoms with E-state index in [9.17, 15) is 9.59 Å². The van der Waals surface area contributed by atoms with Crippen LogP contribution in [-0.4, -0.2) is 38.0 Å². The van der Waals surface area contributed by atoms with Crippen molar-refractivity contribution in [3.63, 3.8) is 0 Å². The van der Waals surface area contributed by atoms with Crippen molar-refractivity contribution in [2.24, 2.45) is 7.05 Å². The fraction of sp³-hybridized carbons (Fsp3) is 0.222. The van der Waals surface area contributed by atoms with E-state index >= 15 is 0 Å². The van der Waals surface area contributed by atoms with Crippen LogP contribution in [0.3, 0.4) is 0 Å². The van der Waals surface area contributed by atoms with Crippen molar-refractivity contribution in [1.29, 1.82) is 0 Å². The molecule has 0 radical (unpaired) electrons. The lowest BCUT2D eigenvalue weighted by molar-refractivity contribution is 0.0519. The molecular weight excluding hydrogens is 334 g/mol. The smallest absolute Gasteiger partial charge is 0.358 e. The second-order valence-corrected chi connectivity index (χ2v) is 5.67. The first-order chi connectivity index (χ1) is 12.5. The topological polar surface area (TPSA) is 91.0 Å². The van der Waals surface area contributed by atoms with Gasteiger partial charge in [0.05, 0.1) is 18.0 Å². The van der Waals surface area contributed by atoms with Crippen molar-refractivity contribution >= 4 is 17.6 Å². The second-order valence-electron chi connectivity index (χ2n) is 5.67. The van der Waals surface area contributed by atoms with Crippen LogP contribution in [0.2, 0.25) is 0 Å². The number of ether oxygens (including phenoxy) is 1. The molecule has 3 aromatic rings. The van der Waals surface area contributed by atoms with Crippen LogP contribution in [0, 0.1) is 6.92 Å². The van der Waals surface area contributed by atoms with E-state index in [2.05, 4.69) is 15.5 Å². The number of nitrogens with zero attached hydrogens (tertiary/aromatic N) is 4. The molecule has 8 nitrogen and oxygen atoms in total. The molecule has 0 aliphatic rings. The first-order valence-electron chi connectivity index (χ1n) is 8.13. The summed E-state index contributed by atoms with van der Waals surface area (Å²) in [6.07, 6.45) is 1.66. The lowest BCUT2D eigenvalue weighted by Crippen LogP contribution is -2.16. The van der Waals surface area contributed by atoms with Gasteiger partial charge in [0.25, 0.3) is 5.91 Å². The fourth-order valence-electron chi connectivity index (χ4n) is 2.53. The average Bonchev–Trinajstić information content (AvgIpc) is 3.22. The zero-order valence-electron chi connectivity index (χ0n) is 14.8. The minimum absolute atomic E-state index is 0.228. The number of carbonyl (C=O) groups is 2. The molecule has 2 aromatic heterocycles. The molecule has 26 heavy (non-hydrogen) atoms. The van der Waals surface area contributed by atoms with E-state index in [-0.39, 0.29) is 11.6 Å². The lowest BCUT2D eigenvalue weighted by Gasteiger charge is -2.08. The highest BCUT2D eigenvalue weighted by molar-refractivity contribution is 6.03. The maximum Gasteiger partial charge on any atom is 0.358 e. The van der Waals surface area contributed by atoms with Gasteiger partial charge in [0.2, 0.25) is 0 Å². The molecule has 8 heteroatoms. The van der Waals surface area contributed by atoms with Crippen LogP contribution in [-0.2, 0) is 11.8 Å². The highest BCUT2D eigenvalue weighted by Gasteiger charge is 2.13. The van der Waals surface area contributed by atoms with Crippen molar-refractivity contribution in [2.45, 2.75) is 13.8 Å². The normalized spacial score (nSPS) is 10.6. The van der Waals surface area contributed by atoms with Crippen molar-refractivity contribution in [1.82, 2.24) is 19.6 Å². The average molecular weight is 353 g/mol. The summed E-state index contributed by atoms with van der Waals surface area (Å²) in [6.45, 7) is 3.86. The molecule has 3 rings (SSSR count). The van der Waals surface area contributed by atoms with Gasteiger partial charge in [-0.05, 0) is 44.2 Å². The maximum atomic E-state index is 12.4. The number of hydrogen-bond acceptors (Lipinski definition) is 5. The van der Waals surface area contributed by atoms with Gasteiger partial charge in [-0.2, -0.15) is 10.2 Å². The Morgan fingerprint density at radius 1 is 1.19 bits per heavy atom. The number of aromatic nitrogens is 4. The van der Waals surface area contributed by atoms with E-state index in [4.69, 9.17) is 4.74 Å².